The molecule has 116 valence electrons. The van der Waals surface area contributed by atoms with Gasteiger partial charge >= 0.3 is 0 Å². The number of rotatable bonds is 3. The molecule has 2 N–H and O–H groups in total. The quantitative estimate of drug-likeness (QED) is 0.863. The molecule has 3 nitrogen and oxygen atoms in total. The molecule has 2 aliphatic rings. The van der Waals surface area contributed by atoms with Gasteiger partial charge < -0.3 is 10.6 Å². The highest BCUT2D eigenvalue weighted by Crippen LogP contribution is 2.37. The Bertz CT molecular complexity index is 330. The van der Waals surface area contributed by atoms with E-state index in [4.69, 9.17) is 5.73 Å². The van der Waals surface area contributed by atoms with E-state index in [0.717, 1.165) is 19.4 Å². The van der Waals surface area contributed by atoms with E-state index in [2.05, 4.69) is 18.7 Å². The summed E-state index contributed by atoms with van der Waals surface area (Å²) in [5.74, 6) is 1.18. The summed E-state index contributed by atoms with van der Waals surface area (Å²) in [7, 11) is 2.03. The number of hydrogen-bond acceptors (Lipinski definition) is 2. The molecule has 0 radical (unpaired) electrons. The Morgan fingerprint density at radius 1 is 1.20 bits per heavy atom. The number of carbonyl (C=O) groups is 1. The van der Waals surface area contributed by atoms with Crippen molar-refractivity contribution >= 4 is 5.91 Å². The van der Waals surface area contributed by atoms with Crippen LogP contribution in [0.5, 0.6) is 0 Å². The lowest BCUT2D eigenvalue weighted by molar-refractivity contribution is -0.139. The van der Waals surface area contributed by atoms with Crippen molar-refractivity contribution in [3.63, 3.8) is 0 Å². The van der Waals surface area contributed by atoms with Crippen LogP contribution in [0.1, 0.15) is 65.2 Å². The minimum absolute atomic E-state index is 0.234. The van der Waals surface area contributed by atoms with Gasteiger partial charge in [0, 0.05) is 19.0 Å². The fraction of sp³-hybridized carbons (Fsp3) is 0.941. The van der Waals surface area contributed by atoms with E-state index in [1.165, 1.54) is 38.5 Å². The molecule has 0 aromatic rings. The van der Waals surface area contributed by atoms with Gasteiger partial charge in [0.15, 0.2) is 0 Å². The first-order valence-corrected chi connectivity index (χ1v) is 8.39. The summed E-state index contributed by atoms with van der Waals surface area (Å²) in [5.41, 5.74) is 6.26. The fourth-order valence-electron chi connectivity index (χ4n) is 3.97. The van der Waals surface area contributed by atoms with Gasteiger partial charge in [0.05, 0.1) is 0 Å². The van der Waals surface area contributed by atoms with Gasteiger partial charge in [-0.1, -0.05) is 20.3 Å². The molecule has 20 heavy (non-hydrogen) atoms. The average Bonchev–Trinajstić information content (AvgIpc) is 2.46. The first kappa shape index (κ1) is 15.8. The summed E-state index contributed by atoms with van der Waals surface area (Å²) >= 11 is 0. The molecule has 2 fully saturated rings. The smallest absolute Gasteiger partial charge is 0.225 e. The van der Waals surface area contributed by atoms with Gasteiger partial charge in [-0.25, -0.2) is 0 Å². The van der Waals surface area contributed by atoms with E-state index in [-0.39, 0.29) is 5.92 Å². The van der Waals surface area contributed by atoms with Crippen LogP contribution in [0.4, 0.5) is 0 Å². The van der Waals surface area contributed by atoms with Crippen LogP contribution in [0.2, 0.25) is 0 Å². The van der Waals surface area contributed by atoms with Crippen LogP contribution >= 0.6 is 0 Å². The second-order valence-electron chi connectivity index (χ2n) is 7.81. The molecule has 0 aliphatic heterocycles. The number of carbonyl (C=O) groups excluding carboxylic acids is 1. The Hall–Kier alpha value is -0.570. The maximum absolute atomic E-state index is 12.7. The molecular formula is C17H32N2O. The molecule has 0 saturated heterocycles. The van der Waals surface area contributed by atoms with Crippen molar-refractivity contribution in [2.45, 2.75) is 71.3 Å². The zero-order valence-electron chi connectivity index (χ0n) is 13.5. The van der Waals surface area contributed by atoms with Crippen LogP contribution in [-0.4, -0.2) is 30.4 Å². The normalized spacial score (nSPS) is 31.0. The van der Waals surface area contributed by atoms with Gasteiger partial charge in [-0.2, -0.15) is 0 Å². The summed E-state index contributed by atoms with van der Waals surface area (Å²) in [6, 6.07) is 0.466. The monoisotopic (exact) mass is 280 g/mol. The lowest BCUT2D eigenvalue weighted by atomic mass is 9.75. The largest absolute Gasteiger partial charge is 0.343 e. The molecular weight excluding hydrogens is 248 g/mol. The Morgan fingerprint density at radius 2 is 1.85 bits per heavy atom. The SMILES string of the molecule is CN(C(=O)C1CCCC(CN)C1)C1CCC(C)(C)CC1. The van der Waals surface area contributed by atoms with Gasteiger partial charge in [-0.15, -0.1) is 0 Å². The summed E-state index contributed by atoms with van der Waals surface area (Å²) in [5, 5.41) is 0. The molecule has 0 spiro atoms. The lowest BCUT2D eigenvalue weighted by Gasteiger charge is -2.40. The highest BCUT2D eigenvalue weighted by atomic mass is 16.2. The maximum Gasteiger partial charge on any atom is 0.225 e. The molecule has 2 aliphatic carbocycles. The number of nitrogens with two attached hydrogens (primary N) is 1. The summed E-state index contributed by atoms with van der Waals surface area (Å²) < 4.78 is 0. The highest BCUT2D eigenvalue weighted by Gasteiger charge is 2.34. The molecule has 0 aromatic carbocycles. The van der Waals surface area contributed by atoms with Crippen molar-refractivity contribution in [2.75, 3.05) is 13.6 Å². The molecule has 2 saturated carbocycles. The molecule has 0 heterocycles. The second kappa shape index (κ2) is 6.46. The van der Waals surface area contributed by atoms with Gasteiger partial charge in [-0.3, -0.25) is 4.79 Å². The van der Waals surface area contributed by atoms with E-state index in [1.807, 2.05) is 7.05 Å². The Labute approximate surface area is 124 Å². The van der Waals surface area contributed by atoms with Crippen molar-refractivity contribution in [1.29, 1.82) is 0 Å². The minimum Gasteiger partial charge on any atom is -0.343 e. The van der Waals surface area contributed by atoms with Crippen molar-refractivity contribution in [2.24, 2.45) is 23.0 Å². The predicted octanol–water partition coefficient (Wildman–Crippen LogP) is 3.18. The third kappa shape index (κ3) is 3.75. The third-order valence-corrected chi connectivity index (χ3v) is 5.67. The highest BCUT2D eigenvalue weighted by molar-refractivity contribution is 5.79. The van der Waals surface area contributed by atoms with Crippen molar-refractivity contribution in [1.82, 2.24) is 4.90 Å². The van der Waals surface area contributed by atoms with Crippen LogP contribution in [-0.2, 0) is 4.79 Å². The van der Waals surface area contributed by atoms with E-state index >= 15 is 0 Å². The minimum atomic E-state index is 0.234. The molecule has 1 amide bonds. The van der Waals surface area contributed by atoms with Crippen LogP contribution in [0, 0.1) is 17.3 Å². The van der Waals surface area contributed by atoms with E-state index in [1.54, 1.807) is 0 Å². The zero-order chi connectivity index (χ0) is 14.8. The molecule has 0 bridgehead atoms. The lowest BCUT2D eigenvalue weighted by Crippen LogP contribution is -2.44. The first-order valence-electron chi connectivity index (χ1n) is 8.39. The van der Waals surface area contributed by atoms with Crippen LogP contribution in [0.15, 0.2) is 0 Å². The predicted molar refractivity (Wildman–Crippen MR) is 83.3 cm³/mol. The molecule has 0 aromatic heterocycles. The van der Waals surface area contributed by atoms with Crippen LogP contribution in [0.3, 0.4) is 0 Å². The maximum atomic E-state index is 12.7. The molecule has 2 unspecified atom stereocenters. The molecule has 2 atom stereocenters. The third-order valence-electron chi connectivity index (χ3n) is 5.67. The van der Waals surface area contributed by atoms with Crippen molar-refractivity contribution in [3.05, 3.63) is 0 Å². The van der Waals surface area contributed by atoms with Gasteiger partial charge in [0.1, 0.15) is 0 Å². The summed E-state index contributed by atoms with van der Waals surface area (Å²) in [6.07, 6.45) is 9.28. The molecule has 2 rings (SSSR count). The number of nitrogens with zero attached hydrogens (tertiary/aromatic N) is 1. The first-order chi connectivity index (χ1) is 9.43. The van der Waals surface area contributed by atoms with Crippen molar-refractivity contribution in [3.8, 4) is 0 Å². The second-order valence-corrected chi connectivity index (χ2v) is 7.81. The van der Waals surface area contributed by atoms with Gasteiger partial charge in [0.2, 0.25) is 5.91 Å². The Morgan fingerprint density at radius 3 is 2.45 bits per heavy atom. The topological polar surface area (TPSA) is 46.3 Å². The standard InChI is InChI=1S/C17H32N2O/c1-17(2)9-7-15(8-10-17)19(3)16(20)14-6-4-5-13(11-14)12-18/h13-15H,4-12,18H2,1-3H3. The Kier molecular flexibility index (Phi) is 5.11. The van der Waals surface area contributed by atoms with E-state index in [0.29, 0.717) is 23.3 Å². The summed E-state index contributed by atoms with van der Waals surface area (Å²) in [4.78, 5) is 14.8. The van der Waals surface area contributed by atoms with E-state index in [9.17, 15) is 4.79 Å². The van der Waals surface area contributed by atoms with Crippen molar-refractivity contribution < 1.29 is 4.79 Å². The average molecular weight is 280 g/mol. The summed E-state index contributed by atoms with van der Waals surface area (Å²) in [6.45, 7) is 5.43. The van der Waals surface area contributed by atoms with E-state index < -0.39 is 0 Å². The number of hydrogen-bond donors (Lipinski definition) is 1. The van der Waals surface area contributed by atoms with Crippen LogP contribution < -0.4 is 5.73 Å². The molecule has 3 heteroatoms. The van der Waals surface area contributed by atoms with Gasteiger partial charge in [0.25, 0.3) is 0 Å². The van der Waals surface area contributed by atoms with Gasteiger partial charge in [-0.05, 0) is 62.8 Å². The Balaban J connectivity index is 1.88. The zero-order valence-corrected chi connectivity index (χ0v) is 13.5. The fourth-order valence-corrected chi connectivity index (χ4v) is 3.97. The number of amides is 1. The van der Waals surface area contributed by atoms with Crippen LogP contribution in [0.25, 0.3) is 0 Å².